The molecule has 0 saturated heterocycles. The fraction of sp³-hybridized carbons (Fsp3) is 0.500. The normalized spacial score (nSPS) is 10.0. The van der Waals surface area contributed by atoms with E-state index in [9.17, 15) is 14.9 Å². The third-order valence-electron chi connectivity index (χ3n) is 2.81. The Morgan fingerprint density at radius 1 is 1.29 bits per heavy atom. The Morgan fingerprint density at radius 3 is 2.52 bits per heavy atom. The van der Waals surface area contributed by atoms with Gasteiger partial charge >= 0.3 is 11.7 Å². The molecule has 0 N–H and O–H groups in total. The van der Waals surface area contributed by atoms with Gasteiger partial charge in [-0.3, -0.25) is 14.9 Å². The first-order chi connectivity index (χ1) is 10.0. The van der Waals surface area contributed by atoms with Crippen LogP contribution in [0.15, 0.2) is 18.2 Å². The van der Waals surface area contributed by atoms with Crippen molar-refractivity contribution in [2.24, 2.45) is 0 Å². The maximum atomic E-state index is 11.6. The molecule has 0 radical (unpaired) electrons. The van der Waals surface area contributed by atoms with E-state index in [-0.39, 0.29) is 24.0 Å². The van der Waals surface area contributed by atoms with Gasteiger partial charge in [-0.25, -0.2) is 0 Å². The summed E-state index contributed by atoms with van der Waals surface area (Å²) >= 11 is 0. The number of rotatable bonds is 8. The maximum absolute atomic E-state index is 11.6. The van der Waals surface area contributed by atoms with Crippen molar-refractivity contribution in [1.29, 1.82) is 0 Å². The monoisotopic (exact) mass is 296 g/mol. The molecule has 0 aliphatic carbocycles. The minimum atomic E-state index is -0.490. The number of likely N-dealkylation sites (N-methyl/N-ethyl adjacent to an activating group) is 1. The Kier molecular flexibility index (Phi) is 6.45. The van der Waals surface area contributed by atoms with Gasteiger partial charge in [0.05, 0.1) is 18.1 Å². The molecule has 7 nitrogen and oxygen atoms in total. The van der Waals surface area contributed by atoms with Crippen LogP contribution < -0.4 is 9.64 Å². The van der Waals surface area contributed by atoms with Crippen LogP contribution in [0.3, 0.4) is 0 Å². The molecular weight excluding hydrogens is 276 g/mol. The first-order valence-corrected chi connectivity index (χ1v) is 6.85. The maximum Gasteiger partial charge on any atom is 0.325 e. The minimum Gasteiger partial charge on any atom is -0.487 e. The van der Waals surface area contributed by atoms with Crippen molar-refractivity contribution in [1.82, 2.24) is 0 Å². The van der Waals surface area contributed by atoms with Crippen LogP contribution in [0.1, 0.15) is 20.8 Å². The number of hydrogen-bond donors (Lipinski definition) is 0. The predicted molar refractivity (Wildman–Crippen MR) is 78.8 cm³/mol. The van der Waals surface area contributed by atoms with Crippen LogP contribution in [0.25, 0.3) is 0 Å². The standard InChI is InChI=1S/C14H20N2O5/c1-4-15(10-14(17)21-6-3)11-7-8-12(16(18)19)13(9-11)20-5-2/h7-9H,4-6,10H2,1-3H3. The number of benzene rings is 1. The molecule has 7 heteroatoms. The van der Waals surface area contributed by atoms with E-state index in [1.807, 2.05) is 6.92 Å². The van der Waals surface area contributed by atoms with E-state index in [0.29, 0.717) is 25.4 Å². The summed E-state index contributed by atoms with van der Waals surface area (Å²) in [6.07, 6.45) is 0. The predicted octanol–water partition coefficient (Wildman–Crippen LogP) is 2.38. The fourth-order valence-corrected chi connectivity index (χ4v) is 1.87. The van der Waals surface area contributed by atoms with Crippen LogP contribution in [0.4, 0.5) is 11.4 Å². The highest BCUT2D eigenvalue weighted by atomic mass is 16.6. The summed E-state index contributed by atoms with van der Waals surface area (Å²) in [5.41, 5.74) is 0.590. The van der Waals surface area contributed by atoms with Gasteiger partial charge in [0.2, 0.25) is 0 Å². The zero-order valence-corrected chi connectivity index (χ0v) is 12.5. The summed E-state index contributed by atoms with van der Waals surface area (Å²) in [6, 6.07) is 4.56. The number of esters is 1. The molecule has 1 rings (SSSR count). The van der Waals surface area contributed by atoms with Crippen molar-refractivity contribution in [3.8, 4) is 5.75 Å². The molecule has 1 aromatic carbocycles. The van der Waals surface area contributed by atoms with Gasteiger partial charge in [-0.15, -0.1) is 0 Å². The molecule has 0 bridgehead atoms. The summed E-state index contributed by atoms with van der Waals surface area (Å²) in [4.78, 5) is 23.8. The molecule has 0 unspecified atom stereocenters. The van der Waals surface area contributed by atoms with Gasteiger partial charge in [-0.05, 0) is 26.8 Å². The first-order valence-electron chi connectivity index (χ1n) is 6.85. The molecule has 0 fully saturated rings. The largest absolute Gasteiger partial charge is 0.487 e. The van der Waals surface area contributed by atoms with E-state index in [0.717, 1.165) is 0 Å². The Labute approximate surface area is 123 Å². The quantitative estimate of drug-likeness (QED) is 0.416. The lowest BCUT2D eigenvalue weighted by Gasteiger charge is -2.22. The number of nitrogens with zero attached hydrogens (tertiary/aromatic N) is 2. The number of carbonyl (C=O) groups is 1. The summed E-state index contributed by atoms with van der Waals surface area (Å²) < 4.78 is 10.2. The van der Waals surface area contributed by atoms with Gasteiger partial charge in [-0.2, -0.15) is 0 Å². The highest BCUT2D eigenvalue weighted by Gasteiger charge is 2.18. The van der Waals surface area contributed by atoms with E-state index in [2.05, 4.69) is 0 Å². The highest BCUT2D eigenvalue weighted by molar-refractivity contribution is 5.76. The lowest BCUT2D eigenvalue weighted by atomic mass is 10.2. The number of carbonyl (C=O) groups excluding carboxylic acids is 1. The number of anilines is 1. The lowest BCUT2D eigenvalue weighted by molar-refractivity contribution is -0.385. The zero-order valence-electron chi connectivity index (χ0n) is 12.5. The van der Waals surface area contributed by atoms with Gasteiger partial charge in [0, 0.05) is 24.4 Å². The highest BCUT2D eigenvalue weighted by Crippen LogP contribution is 2.31. The zero-order chi connectivity index (χ0) is 15.8. The number of nitro benzene ring substituents is 1. The average Bonchev–Trinajstić information content (AvgIpc) is 2.45. The van der Waals surface area contributed by atoms with E-state index in [4.69, 9.17) is 9.47 Å². The van der Waals surface area contributed by atoms with Gasteiger partial charge in [0.1, 0.15) is 6.54 Å². The summed E-state index contributed by atoms with van der Waals surface area (Å²) in [7, 11) is 0. The van der Waals surface area contributed by atoms with Crippen LogP contribution >= 0.6 is 0 Å². The molecule has 116 valence electrons. The molecule has 0 saturated carbocycles. The van der Waals surface area contributed by atoms with Gasteiger partial charge < -0.3 is 14.4 Å². The van der Waals surface area contributed by atoms with Gasteiger partial charge in [0.15, 0.2) is 5.75 Å². The Hall–Kier alpha value is -2.31. The molecule has 0 heterocycles. The molecule has 0 atom stereocenters. The molecule has 0 aliphatic rings. The lowest BCUT2D eigenvalue weighted by Crippen LogP contribution is -2.30. The minimum absolute atomic E-state index is 0.0900. The molecule has 0 amide bonds. The second kappa shape index (κ2) is 8.08. The van der Waals surface area contributed by atoms with Crippen molar-refractivity contribution < 1.29 is 19.2 Å². The summed E-state index contributed by atoms with van der Waals surface area (Å²) in [5, 5.41) is 10.9. The van der Waals surface area contributed by atoms with Crippen molar-refractivity contribution in [3.05, 3.63) is 28.3 Å². The van der Waals surface area contributed by atoms with Crippen LogP contribution in [0.2, 0.25) is 0 Å². The molecule has 0 spiro atoms. The second-order valence-electron chi connectivity index (χ2n) is 4.16. The van der Waals surface area contributed by atoms with Crippen LogP contribution in [-0.4, -0.2) is 37.2 Å². The van der Waals surface area contributed by atoms with E-state index >= 15 is 0 Å². The molecule has 1 aromatic rings. The van der Waals surface area contributed by atoms with Crippen molar-refractivity contribution >= 4 is 17.3 Å². The SMILES string of the molecule is CCOC(=O)CN(CC)c1ccc([N+](=O)[O-])c(OCC)c1. The van der Waals surface area contributed by atoms with Crippen LogP contribution in [-0.2, 0) is 9.53 Å². The second-order valence-corrected chi connectivity index (χ2v) is 4.16. The smallest absolute Gasteiger partial charge is 0.325 e. The van der Waals surface area contributed by atoms with Crippen molar-refractivity contribution in [3.63, 3.8) is 0 Å². The first kappa shape index (κ1) is 16.7. The fourth-order valence-electron chi connectivity index (χ4n) is 1.87. The van der Waals surface area contributed by atoms with E-state index in [1.165, 1.54) is 6.07 Å². The van der Waals surface area contributed by atoms with Crippen LogP contribution in [0.5, 0.6) is 5.75 Å². The molecule has 0 aromatic heterocycles. The number of nitro groups is 1. The Balaban J connectivity index is 3.01. The van der Waals surface area contributed by atoms with Crippen molar-refractivity contribution in [2.45, 2.75) is 20.8 Å². The average molecular weight is 296 g/mol. The topological polar surface area (TPSA) is 81.9 Å². The number of hydrogen-bond acceptors (Lipinski definition) is 6. The third kappa shape index (κ3) is 4.62. The van der Waals surface area contributed by atoms with Crippen molar-refractivity contribution in [2.75, 3.05) is 31.2 Å². The summed E-state index contributed by atoms with van der Waals surface area (Å²) in [5.74, 6) is -0.141. The Morgan fingerprint density at radius 2 is 2.00 bits per heavy atom. The summed E-state index contributed by atoms with van der Waals surface area (Å²) in [6.45, 7) is 6.70. The number of ether oxygens (including phenoxy) is 2. The van der Waals surface area contributed by atoms with Crippen LogP contribution in [0, 0.1) is 10.1 Å². The van der Waals surface area contributed by atoms with Gasteiger partial charge in [0.25, 0.3) is 0 Å². The molecule has 0 aliphatic heterocycles. The molecular formula is C14H20N2O5. The van der Waals surface area contributed by atoms with E-state index < -0.39 is 4.92 Å². The third-order valence-corrected chi connectivity index (χ3v) is 2.81. The van der Waals surface area contributed by atoms with Gasteiger partial charge in [-0.1, -0.05) is 0 Å². The molecule has 21 heavy (non-hydrogen) atoms. The Bertz CT molecular complexity index is 504. The van der Waals surface area contributed by atoms with E-state index in [1.54, 1.807) is 30.9 Å².